The quantitative estimate of drug-likeness (QED) is 0.411. The summed E-state index contributed by atoms with van der Waals surface area (Å²) in [5.41, 5.74) is 1.56. The van der Waals surface area contributed by atoms with Crippen molar-refractivity contribution in [2.75, 3.05) is 44.2 Å². The third-order valence-corrected chi connectivity index (χ3v) is 5.27. The smallest absolute Gasteiger partial charge is 0.335 e. The standard InChI is InChI=1S/C20H27N5O3/c1-14(2)15-3-5-16(6-4-15)25-19(27)17(18(26)23-20(25)28)13-22-9-12-24-10-7-21-8-11-24/h3-6,13-14,17,21H,7-12H2,1-2H3,(H,23,26,28)/p+2/t17-/m1/s1. The van der Waals surface area contributed by atoms with Crippen molar-refractivity contribution in [1.29, 1.82) is 0 Å². The largest absolute Gasteiger partial charge is 0.337 e. The van der Waals surface area contributed by atoms with Gasteiger partial charge in [-0.3, -0.25) is 19.9 Å². The van der Waals surface area contributed by atoms with Gasteiger partial charge in [-0.05, 0) is 23.6 Å². The zero-order valence-electron chi connectivity index (χ0n) is 16.5. The molecule has 2 aliphatic heterocycles. The van der Waals surface area contributed by atoms with Crippen molar-refractivity contribution in [2.24, 2.45) is 10.9 Å². The van der Waals surface area contributed by atoms with E-state index in [4.69, 9.17) is 0 Å². The predicted octanol–water partition coefficient (Wildman–Crippen LogP) is -1.46. The van der Waals surface area contributed by atoms with Crippen LogP contribution in [0.25, 0.3) is 0 Å². The van der Waals surface area contributed by atoms with E-state index in [9.17, 15) is 14.4 Å². The summed E-state index contributed by atoms with van der Waals surface area (Å²) in [6.07, 6.45) is 1.38. The highest BCUT2D eigenvalue weighted by Crippen LogP contribution is 2.23. The minimum Gasteiger partial charge on any atom is -0.337 e. The summed E-state index contributed by atoms with van der Waals surface area (Å²) in [7, 11) is 0. The van der Waals surface area contributed by atoms with E-state index in [1.807, 2.05) is 12.1 Å². The monoisotopic (exact) mass is 387 g/mol. The normalized spacial score (nSPS) is 21.6. The van der Waals surface area contributed by atoms with Crippen LogP contribution in [0.1, 0.15) is 25.3 Å². The van der Waals surface area contributed by atoms with Crippen LogP contribution in [-0.4, -0.2) is 63.3 Å². The van der Waals surface area contributed by atoms with E-state index in [2.05, 4.69) is 29.5 Å². The summed E-state index contributed by atoms with van der Waals surface area (Å²) >= 11 is 0. The van der Waals surface area contributed by atoms with Gasteiger partial charge in [0.25, 0.3) is 5.91 Å². The number of nitrogens with two attached hydrogens (primary N) is 1. The lowest BCUT2D eigenvalue weighted by molar-refractivity contribution is -0.945. The van der Waals surface area contributed by atoms with Crippen LogP contribution < -0.4 is 20.4 Å². The zero-order chi connectivity index (χ0) is 20.1. The van der Waals surface area contributed by atoms with Gasteiger partial charge in [-0.2, -0.15) is 0 Å². The molecular formula is C20H29N5O3+2. The number of quaternary nitrogens is 2. The summed E-state index contributed by atoms with van der Waals surface area (Å²) in [5.74, 6) is -1.91. The molecule has 1 atom stereocenters. The second kappa shape index (κ2) is 9.07. The second-order valence-electron chi connectivity index (χ2n) is 7.61. The maximum absolute atomic E-state index is 12.8. The number of amides is 4. The Bertz CT molecular complexity index is 754. The maximum atomic E-state index is 12.8. The lowest BCUT2D eigenvalue weighted by Crippen LogP contribution is -3.20. The van der Waals surface area contributed by atoms with Gasteiger partial charge in [0.2, 0.25) is 5.91 Å². The number of urea groups is 1. The number of hydrogen-bond acceptors (Lipinski definition) is 4. The Labute approximate surface area is 165 Å². The molecule has 8 heteroatoms. The number of barbiturate groups is 1. The Morgan fingerprint density at radius 1 is 1.21 bits per heavy atom. The van der Waals surface area contributed by atoms with E-state index in [-0.39, 0.29) is 0 Å². The van der Waals surface area contributed by atoms with Gasteiger partial charge in [0.05, 0.1) is 18.8 Å². The predicted molar refractivity (Wildman–Crippen MR) is 106 cm³/mol. The molecule has 4 N–H and O–H groups in total. The lowest BCUT2D eigenvalue weighted by Gasteiger charge is -2.28. The van der Waals surface area contributed by atoms with Crippen molar-refractivity contribution in [1.82, 2.24) is 5.32 Å². The van der Waals surface area contributed by atoms with Crippen molar-refractivity contribution in [3.8, 4) is 0 Å². The van der Waals surface area contributed by atoms with E-state index in [0.29, 0.717) is 18.2 Å². The van der Waals surface area contributed by atoms with Gasteiger partial charge in [-0.25, -0.2) is 9.69 Å². The molecule has 2 heterocycles. The summed E-state index contributed by atoms with van der Waals surface area (Å²) in [5, 5.41) is 4.57. The van der Waals surface area contributed by atoms with Gasteiger partial charge >= 0.3 is 6.03 Å². The number of carbonyl (C=O) groups excluding carboxylic acids is 3. The molecule has 4 amide bonds. The Balaban J connectivity index is 1.66. The van der Waals surface area contributed by atoms with Crippen molar-refractivity contribution >= 4 is 29.7 Å². The van der Waals surface area contributed by atoms with Gasteiger partial charge in [0.15, 0.2) is 5.92 Å². The molecule has 1 aromatic rings. The highest BCUT2D eigenvalue weighted by atomic mass is 16.2. The van der Waals surface area contributed by atoms with Crippen molar-refractivity contribution in [3.05, 3.63) is 29.8 Å². The van der Waals surface area contributed by atoms with Crippen molar-refractivity contribution in [2.45, 2.75) is 19.8 Å². The first-order valence-corrected chi connectivity index (χ1v) is 9.91. The van der Waals surface area contributed by atoms with E-state index < -0.39 is 23.8 Å². The van der Waals surface area contributed by atoms with Crippen LogP contribution in [0, 0.1) is 5.92 Å². The van der Waals surface area contributed by atoms with E-state index in [1.165, 1.54) is 11.1 Å². The lowest BCUT2D eigenvalue weighted by atomic mass is 10.0. The Hall–Kier alpha value is -2.58. The third-order valence-electron chi connectivity index (χ3n) is 5.27. The number of nitrogens with zero attached hydrogens (tertiary/aromatic N) is 2. The summed E-state index contributed by atoms with van der Waals surface area (Å²) < 4.78 is 0. The highest BCUT2D eigenvalue weighted by Gasteiger charge is 2.40. The minimum absolute atomic E-state index is 0.348. The SMILES string of the molecule is CC(C)c1ccc(N2C(=O)NC(=O)[C@@H](C=NCC[NH+]3CC[NH2+]CC3)C2=O)cc1. The molecule has 0 spiro atoms. The van der Waals surface area contributed by atoms with E-state index in [1.54, 1.807) is 12.1 Å². The first kappa shape index (κ1) is 20.2. The molecule has 1 aromatic carbocycles. The van der Waals surface area contributed by atoms with Crippen LogP contribution >= 0.6 is 0 Å². The molecule has 2 saturated heterocycles. The zero-order valence-corrected chi connectivity index (χ0v) is 16.5. The average Bonchev–Trinajstić information content (AvgIpc) is 2.68. The van der Waals surface area contributed by atoms with Crippen LogP contribution in [0.5, 0.6) is 0 Å². The fourth-order valence-corrected chi connectivity index (χ4v) is 3.51. The number of rotatable bonds is 6. The summed E-state index contributed by atoms with van der Waals surface area (Å²) in [6.45, 7) is 10.0. The minimum atomic E-state index is -1.08. The molecule has 0 bridgehead atoms. The molecule has 0 aromatic heterocycles. The molecule has 0 unspecified atom stereocenters. The number of carbonyl (C=O) groups is 3. The van der Waals surface area contributed by atoms with Crippen LogP contribution in [0.4, 0.5) is 10.5 Å². The Morgan fingerprint density at radius 3 is 2.54 bits per heavy atom. The maximum Gasteiger partial charge on any atom is 0.335 e. The number of hydrogen-bond donors (Lipinski definition) is 3. The molecule has 0 saturated carbocycles. The van der Waals surface area contributed by atoms with Gasteiger partial charge in [-0.15, -0.1) is 0 Å². The molecule has 3 rings (SSSR count). The number of piperazine rings is 1. The molecule has 2 fully saturated rings. The molecule has 150 valence electrons. The van der Waals surface area contributed by atoms with Gasteiger partial charge in [0.1, 0.15) is 26.2 Å². The van der Waals surface area contributed by atoms with Crippen molar-refractivity contribution in [3.63, 3.8) is 0 Å². The van der Waals surface area contributed by atoms with Crippen LogP contribution in [-0.2, 0) is 9.59 Å². The third kappa shape index (κ3) is 4.63. The van der Waals surface area contributed by atoms with Gasteiger partial charge < -0.3 is 10.2 Å². The van der Waals surface area contributed by atoms with E-state index >= 15 is 0 Å². The Kier molecular flexibility index (Phi) is 6.53. The van der Waals surface area contributed by atoms with E-state index in [0.717, 1.165) is 43.2 Å². The fourth-order valence-electron chi connectivity index (χ4n) is 3.51. The molecule has 0 radical (unpaired) electrons. The Morgan fingerprint density at radius 2 is 1.89 bits per heavy atom. The first-order chi connectivity index (χ1) is 13.5. The molecule has 2 aliphatic rings. The van der Waals surface area contributed by atoms with Crippen LogP contribution in [0.2, 0.25) is 0 Å². The number of benzene rings is 1. The summed E-state index contributed by atoms with van der Waals surface area (Å²) in [4.78, 5) is 44.0. The van der Waals surface area contributed by atoms with Crippen LogP contribution in [0.15, 0.2) is 29.3 Å². The highest BCUT2D eigenvalue weighted by molar-refractivity contribution is 6.32. The molecule has 8 nitrogen and oxygen atoms in total. The second-order valence-corrected chi connectivity index (χ2v) is 7.61. The molecular weight excluding hydrogens is 358 g/mol. The first-order valence-electron chi connectivity index (χ1n) is 9.91. The van der Waals surface area contributed by atoms with Gasteiger partial charge in [0, 0.05) is 6.21 Å². The van der Waals surface area contributed by atoms with Crippen molar-refractivity contribution < 1.29 is 24.6 Å². The number of nitrogens with one attached hydrogen (secondary N) is 2. The fraction of sp³-hybridized carbons (Fsp3) is 0.500. The van der Waals surface area contributed by atoms with Crippen LogP contribution in [0.3, 0.4) is 0 Å². The molecule has 28 heavy (non-hydrogen) atoms. The average molecular weight is 387 g/mol. The topological polar surface area (TPSA) is 99.9 Å². The summed E-state index contributed by atoms with van der Waals surface area (Å²) in [6, 6.07) is 6.52. The number of imide groups is 2. The molecule has 0 aliphatic carbocycles. The van der Waals surface area contributed by atoms with Gasteiger partial charge in [-0.1, -0.05) is 26.0 Å². The number of anilines is 1. The number of aliphatic imine (C=N–C) groups is 1.